The molecule has 0 radical (unpaired) electrons. The van der Waals surface area contributed by atoms with Gasteiger partial charge in [-0.1, -0.05) is 188 Å². The minimum Gasteiger partial charge on any atom is -0.310 e. The van der Waals surface area contributed by atoms with Crippen LogP contribution in [-0.2, 0) is 5.41 Å². The van der Waals surface area contributed by atoms with Crippen molar-refractivity contribution in [2.45, 2.75) is 5.41 Å². The molecule has 3 heteroatoms. The van der Waals surface area contributed by atoms with Gasteiger partial charge in [0.05, 0.1) is 11.1 Å². The number of rotatable bonds is 7. The van der Waals surface area contributed by atoms with Crippen LogP contribution < -0.4 is 4.90 Å². The number of hydrogen-bond acceptors (Lipinski definition) is 3. The number of thiophene rings is 2. The van der Waals surface area contributed by atoms with Crippen LogP contribution in [0.1, 0.15) is 22.3 Å². The van der Waals surface area contributed by atoms with Crippen molar-refractivity contribution in [3.05, 3.63) is 271 Å². The van der Waals surface area contributed by atoms with Crippen molar-refractivity contribution in [2.24, 2.45) is 0 Å². The molecule has 13 aromatic rings. The van der Waals surface area contributed by atoms with E-state index in [9.17, 15) is 0 Å². The van der Waals surface area contributed by atoms with E-state index in [0.29, 0.717) is 0 Å². The largest absolute Gasteiger partial charge is 0.310 e. The normalized spacial score (nSPS) is 12.8. The van der Waals surface area contributed by atoms with Crippen LogP contribution in [0.25, 0.3) is 84.5 Å². The smallest absolute Gasteiger partial charge is 0.0713 e. The van der Waals surface area contributed by atoms with Gasteiger partial charge >= 0.3 is 0 Å². The van der Waals surface area contributed by atoms with E-state index in [0.717, 1.165) is 17.1 Å². The van der Waals surface area contributed by atoms with Gasteiger partial charge in [-0.25, -0.2) is 0 Å². The molecule has 0 aliphatic heterocycles. The number of fused-ring (bicyclic) bond motifs is 10. The molecule has 14 rings (SSSR count). The van der Waals surface area contributed by atoms with Crippen molar-refractivity contribution in [1.29, 1.82) is 0 Å². The fourth-order valence-electron chi connectivity index (χ4n) is 11.4. The highest BCUT2D eigenvalue weighted by atomic mass is 32.1. The lowest BCUT2D eigenvalue weighted by Crippen LogP contribution is -2.28. The number of nitrogens with zero attached hydrogens (tertiary/aromatic N) is 1. The van der Waals surface area contributed by atoms with Crippen molar-refractivity contribution in [2.75, 3.05) is 4.90 Å². The van der Waals surface area contributed by atoms with Gasteiger partial charge in [-0.3, -0.25) is 0 Å². The number of anilines is 3. The molecule has 0 saturated carbocycles. The lowest BCUT2D eigenvalue weighted by molar-refractivity contribution is 0.768. The molecular formula is C65H41NS2. The van der Waals surface area contributed by atoms with Crippen LogP contribution in [0.2, 0.25) is 0 Å². The summed E-state index contributed by atoms with van der Waals surface area (Å²) in [5.41, 5.74) is 15.3. The molecule has 0 bridgehead atoms. The molecule has 2 heterocycles. The summed E-state index contributed by atoms with van der Waals surface area (Å²) < 4.78 is 5.24. The first-order valence-electron chi connectivity index (χ1n) is 23.3. The van der Waals surface area contributed by atoms with Gasteiger partial charge < -0.3 is 4.90 Å². The summed E-state index contributed by atoms with van der Waals surface area (Å²) in [6.07, 6.45) is 0. The molecule has 0 N–H and O–H groups in total. The molecule has 0 fully saturated rings. The zero-order chi connectivity index (χ0) is 44.8. The third-order valence-electron chi connectivity index (χ3n) is 14.3. The van der Waals surface area contributed by atoms with Gasteiger partial charge in [0.25, 0.3) is 0 Å². The molecule has 2 aromatic heterocycles. The molecule has 68 heavy (non-hydrogen) atoms. The first-order valence-corrected chi connectivity index (χ1v) is 25.0. The first kappa shape index (κ1) is 39.1. The second-order valence-corrected chi connectivity index (χ2v) is 20.1. The van der Waals surface area contributed by atoms with Gasteiger partial charge in [-0.15, -0.1) is 22.7 Å². The van der Waals surface area contributed by atoms with Crippen LogP contribution in [0.4, 0.5) is 17.1 Å². The molecule has 0 atom stereocenters. The predicted octanol–water partition coefficient (Wildman–Crippen LogP) is 18.7. The summed E-state index contributed by atoms with van der Waals surface area (Å²) in [6.45, 7) is 0. The molecule has 0 amide bonds. The summed E-state index contributed by atoms with van der Waals surface area (Å²) in [7, 11) is 0. The second kappa shape index (κ2) is 15.5. The number of hydrogen-bond donors (Lipinski definition) is 0. The van der Waals surface area contributed by atoms with E-state index in [-0.39, 0.29) is 0 Å². The Kier molecular flexibility index (Phi) is 8.92. The fraction of sp³-hybridized carbons (Fsp3) is 0.0154. The van der Waals surface area contributed by atoms with E-state index in [1.54, 1.807) is 0 Å². The van der Waals surface area contributed by atoms with Crippen LogP contribution in [0, 0.1) is 0 Å². The van der Waals surface area contributed by atoms with Crippen LogP contribution in [0.15, 0.2) is 249 Å². The molecule has 0 unspecified atom stereocenters. The third-order valence-corrected chi connectivity index (χ3v) is 16.7. The van der Waals surface area contributed by atoms with Gasteiger partial charge in [0.2, 0.25) is 0 Å². The quantitative estimate of drug-likeness (QED) is 0.154. The Hall–Kier alpha value is -8.08. The van der Waals surface area contributed by atoms with Crippen LogP contribution in [-0.4, -0.2) is 0 Å². The van der Waals surface area contributed by atoms with Crippen LogP contribution in [0.5, 0.6) is 0 Å². The SMILES string of the molecule is c1ccc(N(c2ccc3cc4c(cc3c2)sc2ccccc24)c2ccc(-c3cccc4c3sc3ccccc34)cc2-c2cccc3c2-c2ccccc2C3(c2ccccc2)c2ccccc2)cc1. The molecule has 0 saturated heterocycles. The zero-order valence-electron chi connectivity index (χ0n) is 36.9. The zero-order valence-corrected chi connectivity index (χ0v) is 38.6. The molecular weight excluding hydrogens is 859 g/mol. The highest BCUT2D eigenvalue weighted by molar-refractivity contribution is 7.26. The van der Waals surface area contributed by atoms with E-state index in [4.69, 9.17) is 0 Å². The van der Waals surface area contributed by atoms with E-state index in [1.807, 2.05) is 22.7 Å². The Morgan fingerprint density at radius 2 is 0.926 bits per heavy atom. The van der Waals surface area contributed by atoms with E-state index in [2.05, 4.69) is 254 Å². The average Bonchev–Trinajstić information content (AvgIpc) is 4.07. The maximum absolute atomic E-state index is 2.48. The first-order chi connectivity index (χ1) is 33.7. The minimum absolute atomic E-state index is 0.527. The van der Waals surface area contributed by atoms with Crippen LogP contribution in [0.3, 0.4) is 0 Å². The standard InChI is InChI=1S/C65H41NS2/c1-4-18-45(19-5-1)65(46-20-6-2-7-21-46)57-30-13-10-26-54(57)63-52(28-17-31-58(63)65)55-40-43(49-27-16-29-53-50-24-11-15-33-61(50)68-64(49)53)35-37-59(55)66(47-22-8-3-9-23-47)48-36-34-42-39-56-51-25-12-14-32-60(51)67-62(56)41-44(42)38-48/h1-41H. The lowest BCUT2D eigenvalue weighted by atomic mass is 9.67. The Balaban J connectivity index is 1.06. The highest BCUT2D eigenvalue weighted by Gasteiger charge is 2.47. The van der Waals surface area contributed by atoms with E-state index in [1.165, 1.54) is 107 Å². The Morgan fingerprint density at radius 1 is 0.324 bits per heavy atom. The summed E-state index contributed by atoms with van der Waals surface area (Å²) in [4.78, 5) is 2.48. The average molecular weight is 900 g/mol. The Bertz CT molecular complexity index is 4050. The molecule has 1 aliphatic carbocycles. The number of para-hydroxylation sites is 1. The topological polar surface area (TPSA) is 3.24 Å². The molecule has 318 valence electrons. The second-order valence-electron chi connectivity index (χ2n) is 17.9. The third kappa shape index (κ3) is 5.86. The summed E-state index contributed by atoms with van der Waals surface area (Å²) >= 11 is 3.76. The van der Waals surface area contributed by atoms with Gasteiger partial charge in [0.1, 0.15) is 0 Å². The maximum Gasteiger partial charge on any atom is 0.0713 e. The maximum atomic E-state index is 2.48. The van der Waals surface area contributed by atoms with Crippen molar-refractivity contribution in [1.82, 2.24) is 0 Å². The van der Waals surface area contributed by atoms with Gasteiger partial charge in [-0.2, -0.15) is 0 Å². The van der Waals surface area contributed by atoms with Crippen molar-refractivity contribution >= 4 is 90.9 Å². The highest BCUT2D eigenvalue weighted by Crippen LogP contribution is 2.59. The monoisotopic (exact) mass is 899 g/mol. The van der Waals surface area contributed by atoms with E-state index < -0.39 is 5.41 Å². The van der Waals surface area contributed by atoms with Gasteiger partial charge in [0, 0.05) is 57.3 Å². The summed E-state index contributed by atoms with van der Waals surface area (Å²) in [6, 6.07) is 92.8. The lowest BCUT2D eigenvalue weighted by Gasteiger charge is -2.34. The predicted molar refractivity (Wildman–Crippen MR) is 293 cm³/mol. The molecule has 11 aromatic carbocycles. The molecule has 1 nitrogen and oxygen atoms in total. The van der Waals surface area contributed by atoms with Crippen molar-refractivity contribution in [3.63, 3.8) is 0 Å². The Morgan fingerprint density at radius 3 is 1.71 bits per heavy atom. The van der Waals surface area contributed by atoms with Crippen LogP contribution >= 0.6 is 22.7 Å². The van der Waals surface area contributed by atoms with Crippen molar-refractivity contribution < 1.29 is 0 Å². The minimum atomic E-state index is -0.527. The summed E-state index contributed by atoms with van der Waals surface area (Å²) in [5, 5.41) is 7.70. The molecule has 1 aliphatic rings. The van der Waals surface area contributed by atoms with E-state index >= 15 is 0 Å². The van der Waals surface area contributed by atoms with Gasteiger partial charge in [-0.05, 0) is 122 Å². The fourth-order valence-corrected chi connectivity index (χ4v) is 13.8. The number of benzene rings is 11. The Labute approximate surface area is 403 Å². The van der Waals surface area contributed by atoms with Gasteiger partial charge in [0.15, 0.2) is 0 Å². The summed E-state index contributed by atoms with van der Waals surface area (Å²) in [5.74, 6) is 0. The molecule has 0 spiro atoms. The van der Waals surface area contributed by atoms with Crippen molar-refractivity contribution in [3.8, 4) is 33.4 Å².